The first-order valence-corrected chi connectivity index (χ1v) is 10.2. The summed E-state index contributed by atoms with van der Waals surface area (Å²) in [4.78, 5) is 24.9. The molecule has 37 heavy (non-hydrogen) atoms. The topological polar surface area (TPSA) is 58.2 Å². The predicted octanol–water partition coefficient (Wildman–Crippen LogP) is 7.07. The highest BCUT2D eigenvalue weighted by Gasteiger charge is 2.74. The molecule has 0 aliphatic carbocycles. The van der Waals surface area contributed by atoms with Crippen molar-refractivity contribution >= 4 is 23.2 Å². The quantitative estimate of drug-likeness (QED) is 0.344. The summed E-state index contributed by atoms with van der Waals surface area (Å²) in [7, 11) is 0. The zero-order chi connectivity index (χ0) is 27.8. The molecule has 3 aromatic rings. The summed E-state index contributed by atoms with van der Waals surface area (Å²) in [6.07, 6.45) is -12.8. The number of benzene rings is 3. The van der Waals surface area contributed by atoms with Crippen molar-refractivity contribution in [1.29, 1.82) is 0 Å². The lowest BCUT2D eigenvalue weighted by Gasteiger charge is -2.32. The van der Waals surface area contributed by atoms with Crippen molar-refractivity contribution in [2.24, 2.45) is 0 Å². The van der Waals surface area contributed by atoms with E-state index in [4.69, 9.17) is 0 Å². The van der Waals surface area contributed by atoms with Crippen molar-refractivity contribution in [3.05, 3.63) is 94.6 Å². The van der Waals surface area contributed by atoms with E-state index in [0.717, 1.165) is 12.1 Å². The number of hydrogen-bond donors (Lipinski definition) is 2. The Hall–Kier alpha value is -4.03. The van der Waals surface area contributed by atoms with Crippen molar-refractivity contribution < 1.29 is 49.1 Å². The van der Waals surface area contributed by atoms with E-state index < -0.39 is 69.5 Å². The molecule has 0 aromatic heterocycles. The molecule has 0 spiro atoms. The summed E-state index contributed by atoms with van der Waals surface area (Å²) in [5.74, 6) is -5.46. The summed E-state index contributed by atoms with van der Waals surface area (Å²) in [6, 6.07) is 10.5. The number of carbonyl (C=O) groups excluding carboxylic acids is 2. The van der Waals surface area contributed by atoms with E-state index in [1.165, 1.54) is 24.3 Å². The van der Waals surface area contributed by atoms with Crippen molar-refractivity contribution in [2.75, 3.05) is 10.6 Å². The van der Waals surface area contributed by atoms with E-state index in [-0.39, 0.29) is 11.6 Å². The maximum atomic E-state index is 15.0. The highest BCUT2D eigenvalue weighted by Crippen LogP contribution is 2.54. The Bertz CT molecular complexity index is 1320. The monoisotopic (exact) mass is 534 g/mol. The van der Waals surface area contributed by atoms with Gasteiger partial charge in [0.25, 0.3) is 11.8 Å². The van der Waals surface area contributed by atoms with Crippen LogP contribution in [0.3, 0.4) is 0 Å². The molecule has 0 fully saturated rings. The molecule has 0 aliphatic heterocycles. The van der Waals surface area contributed by atoms with Crippen LogP contribution < -0.4 is 10.6 Å². The van der Waals surface area contributed by atoms with Crippen molar-refractivity contribution in [2.45, 2.75) is 24.9 Å². The number of amides is 2. The second kappa shape index (κ2) is 9.79. The summed E-state index contributed by atoms with van der Waals surface area (Å²) < 4.78 is 123. The van der Waals surface area contributed by atoms with Gasteiger partial charge in [-0.25, -0.2) is 13.2 Å². The highest BCUT2D eigenvalue weighted by molar-refractivity contribution is 6.08. The Balaban J connectivity index is 1.98. The van der Waals surface area contributed by atoms with Crippen LogP contribution in [0.1, 0.15) is 31.8 Å². The summed E-state index contributed by atoms with van der Waals surface area (Å²) in [5, 5.41) is 3.93. The molecule has 2 N–H and O–H groups in total. The van der Waals surface area contributed by atoms with Crippen LogP contribution in [0, 0.1) is 18.6 Å². The molecule has 0 saturated carbocycles. The van der Waals surface area contributed by atoms with E-state index in [1.54, 1.807) is 11.4 Å². The molecule has 0 unspecified atom stereocenters. The van der Waals surface area contributed by atoms with E-state index in [9.17, 15) is 49.1 Å². The second-order valence-electron chi connectivity index (χ2n) is 7.69. The Morgan fingerprint density at radius 2 is 1.24 bits per heavy atom. The Kier molecular flexibility index (Phi) is 7.29. The predicted molar refractivity (Wildman–Crippen MR) is 115 cm³/mol. The third kappa shape index (κ3) is 5.11. The molecule has 196 valence electrons. The van der Waals surface area contributed by atoms with Gasteiger partial charge >= 0.3 is 18.0 Å². The van der Waals surface area contributed by atoms with Gasteiger partial charge in [0.05, 0.1) is 5.69 Å². The molecule has 0 heterocycles. The maximum Gasteiger partial charge on any atom is 0.435 e. The lowest BCUT2D eigenvalue weighted by atomic mass is 9.89. The van der Waals surface area contributed by atoms with Crippen LogP contribution >= 0.6 is 0 Å². The third-order valence-corrected chi connectivity index (χ3v) is 5.34. The summed E-state index contributed by atoms with van der Waals surface area (Å²) in [6.45, 7) is 0.667. The Morgan fingerprint density at radius 3 is 1.81 bits per heavy atom. The Morgan fingerprint density at radius 1 is 0.676 bits per heavy atom. The van der Waals surface area contributed by atoms with Gasteiger partial charge in [-0.3, -0.25) is 9.59 Å². The lowest BCUT2D eigenvalue weighted by Crippen LogP contribution is -2.50. The molecule has 3 aromatic carbocycles. The van der Waals surface area contributed by atoms with E-state index >= 15 is 0 Å². The number of anilines is 2. The van der Waals surface area contributed by atoms with Crippen molar-refractivity contribution in [3.8, 4) is 0 Å². The first kappa shape index (κ1) is 27.6. The molecule has 0 saturated heterocycles. The summed E-state index contributed by atoms with van der Waals surface area (Å²) >= 11 is 0. The molecule has 0 aliphatic rings. The fourth-order valence-corrected chi connectivity index (χ4v) is 3.44. The molecule has 0 radical (unpaired) electrons. The number of carbonyl (C=O) groups is 2. The average molecular weight is 534 g/mol. The average Bonchev–Trinajstić information content (AvgIpc) is 2.81. The van der Waals surface area contributed by atoms with E-state index in [2.05, 4.69) is 5.32 Å². The molecular weight excluding hydrogens is 519 g/mol. The number of hydrogen-bond acceptors (Lipinski definition) is 2. The zero-order valence-corrected chi connectivity index (χ0v) is 18.5. The molecule has 4 nitrogen and oxygen atoms in total. The van der Waals surface area contributed by atoms with Crippen LogP contribution in [0.25, 0.3) is 0 Å². The number of halogens is 9. The standard InChI is InChI=1S/C24H15F9N2O2/c1-12-14(22(27,23(28,29)30)24(31,32)33)8-5-9-16(12)34-21(37)18-15(25)10-11-17(19(18)26)35-20(36)13-6-3-2-4-7-13/h2-11H,1H3,(H,34,37)(H,35,36). The van der Waals surface area contributed by atoms with Crippen molar-refractivity contribution in [3.63, 3.8) is 0 Å². The van der Waals surface area contributed by atoms with Gasteiger partial charge in [-0.15, -0.1) is 0 Å². The van der Waals surface area contributed by atoms with Crippen LogP contribution in [0.2, 0.25) is 0 Å². The van der Waals surface area contributed by atoms with Crippen LogP contribution in [-0.2, 0) is 5.67 Å². The van der Waals surface area contributed by atoms with Gasteiger partial charge < -0.3 is 10.6 Å². The number of rotatable bonds is 5. The summed E-state index contributed by atoms with van der Waals surface area (Å²) in [5.41, 5.74) is -11.2. The SMILES string of the molecule is Cc1c(NC(=O)c2c(F)ccc(NC(=O)c3ccccc3)c2F)cccc1C(F)(C(F)(F)F)C(F)(F)F. The van der Waals surface area contributed by atoms with Crippen LogP contribution in [0.15, 0.2) is 60.7 Å². The normalized spacial score (nSPS) is 12.3. The van der Waals surface area contributed by atoms with Gasteiger partial charge in [0.1, 0.15) is 11.4 Å². The minimum Gasteiger partial charge on any atom is -0.322 e. The van der Waals surface area contributed by atoms with E-state index in [1.807, 2.05) is 0 Å². The van der Waals surface area contributed by atoms with Gasteiger partial charge in [-0.05, 0) is 42.8 Å². The smallest absolute Gasteiger partial charge is 0.322 e. The number of nitrogens with one attached hydrogen (secondary N) is 2. The van der Waals surface area contributed by atoms with Crippen LogP contribution in [0.4, 0.5) is 50.9 Å². The minimum atomic E-state index is -6.41. The number of alkyl halides is 7. The van der Waals surface area contributed by atoms with Gasteiger partial charge in [-0.2, -0.15) is 26.3 Å². The lowest BCUT2D eigenvalue weighted by molar-refractivity contribution is -0.348. The minimum absolute atomic E-state index is 0.0914. The van der Waals surface area contributed by atoms with Crippen LogP contribution in [0.5, 0.6) is 0 Å². The molecule has 0 bridgehead atoms. The van der Waals surface area contributed by atoms with E-state index in [0.29, 0.717) is 19.1 Å². The highest BCUT2D eigenvalue weighted by atomic mass is 19.4. The second-order valence-corrected chi connectivity index (χ2v) is 7.69. The molecule has 2 amide bonds. The van der Waals surface area contributed by atoms with Gasteiger partial charge in [0, 0.05) is 16.8 Å². The fourth-order valence-electron chi connectivity index (χ4n) is 3.44. The largest absolute Gasteiger partial charge is 0.435 e. The molecule has 13 heteroatoms. The zero-order valence-electron chi connectivity index (χ0n) is 18.5. The van der Waals surface area contributed by atoms with Gasteiger partial charge in [0.15, 0.2) is 5.82 Å². The first-order chi connectivity index (χ1) is 17.1. The third-order valence-electron chi connectivity index (χ3n) is 5.34. The first-order valence-electron chi connectivity index (χ1n) is 10.2. The molecule has 0 atom stereocenters. The van der Waals surface area contributed by atoms with Crippen molar-refractivity contribution in [1.82, 2.24) is 0 Å². The Labute approximate surface area is 203 Å². The van der Waals surface area contributed by atoms with Crippen LogP contribution in [-0.4, -0.2) is 24.2 Å². The fraction of sp³-hybridized carbons (Fsp3) is 0.167. The van der Waals surface area contributed by atoms with Gasteiger partial charge in [0.2, 0.25) is 0 Å². The molecule has 3 rings (SSSR count). The van der Waals surface area contributed by atoms with Gasteiger partial charge in [-0.1, -0.05) is 30.3 Å². The maximum absolute atomic E-state index is 15.0. The molecular formula is C24H15F9N2O2.